The quantitative estimate of drug-likeness (QED) is 0.772. The van der Waals surface area contributed by atoms with E-state index in [1.165, 1.54) is 4.90 Å². The third kappa shape index (κ3) is 5.04. The van der Waals surface area contributed by atoms with E-state index in [0.29, 0.717) is 5.56 Å². The summed E-state index contributed by atoms with van der Waals surface area (Å²) in [6.45, 7) is 2.91. The second-order valence-corrected chi connectivity index (χ2v) is 4.59. The number of aliphatic hydroxyl groups is 1. The lowest BCUT2D eigenvalue weighted by Gasteiger charge is -2.20. The molecule has 106 valence electrons. The van der Waals surface area contributed by atoms with Crippen LogP contribution in [0.15, 0.2) is 18.2 Å². The molecule has 0 aliphatic heterocycles. The van der Waals surface area contributed by atoms with Gasteiger partial charge in [-0.25, -0.2) is 8.78 Å². The molecule has 0 saturated heterocycles. The number of hydrogen-bond acceptors (Lipinski definition) is 3. The minimum atomic E-state index is -2.52. The molecule has 5 heteroatoms. The Labute approximate surface area is 111 Å². The first kappa shape index (κ1) is 15.7. The molecule has 0 atom stereocenters. The van der Waals surface area contributed by atoms with Gasteiger partial charge in [0.2, 0.25) is 0 Å². The van der Waals surface area contributed by atoms with E-state index in [0.717, 1.165) is 11.1 Å². The van der Waals surface area contributed by atoms with E-state index in [1.807, 2.05) is 26.0 Å². The maximum absolute atomic E-state index is 12.4. The molecule has 1 rings (SSSR count). The van der Waals surface area contributed by atoms with Gasteiger partial charge in [-0.2, -0.15) is 0 Å². The van der Waals surface area contributed by atoms with Crippen LogP contribution in [0.5, 0.6) is 0 Å². The van der Waals surface area contributed by atoms with Gasteiger partial charge in [0.1, 0.15) is 0 Å². The Hall–Kier alpha value is -1.33. The van der Waals surface area contributed by atoms with Crippen LogP contribution in [0.4, 0.5) is 8.78 Å². The van der Waals surface area contributed by atoms with Gasteiger partial charge in [0, 0.05) is 12.1 Å². The Bertz CT molecular complexity index is 435. The molecule has 0 aliphatic carbocycles. The highest BCUT2D eigenvalue weighted by molar-refractivity contribution is 5.99. The highest BCUT2D eigenvalue weighted by atomic mass is 19.3. The monoisotopic (exact) mass is 271 g/mol. The third-order valence-corrected chi connectivity index (χ3v) is 2.87. The number of Topliss-reactive ketones (excluding diaryl/α,β-unsaturated/α-hetero) is 1. The van der Waals surface area contributed by atoms with Crippen molar-refractivity contribution >= 4 is 5.78 Å². The van der Waals surface area contributed by atoms with Gasteiger partial charge >= 0.3 is 0 Å². The number of benzene rings is 1. The maximum atomic E-state index is 12.4. The summed E-state index contributed by atoms with van der Waals surface area (Å²) in [4.78, 5) is 13.4. The van der Waals surface area contributed by atoms with E-state index in [4.69, 9.17) is 5.11 Å². The van der Waals surface area contributed by atoms with E-state index < -0.39 is 13.0 Å². The Morgan fingerprint density at radius 3 is 2.63 bits per heavy atom. The van der Waals surface area contributed by atoms with Crippen molar-refractivity contribution in [3.63, 3.8) is 0 Å². The average Bonchev–Trinajstić information content (AvgIpc) is 2.31. The van der Waals surface area contributed by atoms with Crippen LogP contribution in [0.3, 0.4) is 0 Å². The number of halogens is 2. The van der Waals surface area contributed by atoms with Crippen molar-refractivity contribution < 1.29 is 18.7 Å². The van der Waals surface area contributed by atoms with Crippen molar-refractivity contribution in [1.82, 2.24) is 4.90 Å². The fourth-order valence-corrected chi connectivity index (χ4v) is 1.90. The van der Waals surface area contributed by atoms with Gasteiger partial charge in [0.25, 0.3) is 6.43 Å². The molecular formula is C14H19F2NO2. The van der Waals surface area contributed by atoms with Gasteiger partial charge in [0.15, 0.2) is 5.78 Å². The van der Waals surface area contributed by atoms with Crippen LogP contribution in [0.2, 0.25) is 0 Å². The van der Waals surface area contributed by atoms with Crippen molar-refractivity contribution in [2.75, 3.05) is 26.2 Å². The van der Waals surface area contributed by atoms with Crippen LogP contribution in [0.1, 0.15) is 21.5 Å². The Morgan fingerprint density at radius 1 is 1.37 bits per heavy atom. The predicted octanol–water partition coefficient (Wildman–Crippen LogP) is 2.05. The Morgan fingerprint density at radius 2 is 2.05 bits per heavy atom. The fourth-order valence-electron chi connectivity index (χ4n) is 1.90. The zero-order chi connectivity index (χ0) is 14.4. The SMILES string of the molecule is Cc1ccc(C)c(C(=O)CN(CCO)CC(F)F)c1. The normalized spacial score (nSPS) is 11.3. The molecule has 1 N–H and O–H groups in total. The summed E-state index contributed by atoms with van der Waals surface area (Å²) in [5.41, 5.74) is 2.34. The van der Waals surface area contributed by atoms with Gasteiger partial charge in [-0.05, 0) is 25.5 Å². The zero-order valence-electron chi connectivity index (χ0n) is 11.2. The number of nitrogens with zero attached hydrogens (tertiary/aromatic N) is 1. The number of alkyl halides is 2. The molecule has 0 saturated carbocycles. The summed E-state index contributed by atoms with van der Waals surface area (Å²) < 4.78 is 24.7. The number of hydrogen-bond donors (Lipinski definition) is 1. The van der Waals surface area contributed by atoms with Crippen molar-refractivity contribution in [2.45, 2.75) is 20.3 Å². The van der Waals surface area contributed by atoms with Crippen LogP contribution < -0.4 is 0 Å². The van der Waals surface area contributed by atoms with Crippen LogP contribution in [0.25, 0.3) is 0 Å². The first-order valence-electron chi connectivity index (χ1n) is 6.16. The zero-order valence-corrected chi connectivity index (χ0v) is 11.2. The highest BCUT2D eigenvalue weighted by Gasteiger charge is 2.17. The van der Waals surface area contributed by atoms with Crippen LogP contribution in [-0.2, 0) is 0 Å². The fraction of sp³-hybridized carbons (Fsp3) is 0.500. The molecule has 0 spiro atoms. The molecule has 0 heterocycles. The number of ketones is 1. The molecule has 0 radical (unpaired) electrons. The molecule has 0 bridgehead atoms. The third-order valence-electron chi connectivity index (χ3n) is 2.87. The summed E-state index contributed by atoms with van der Waals surface area (Å²) in [5.74, 6) is -0.199. The lowest BCUT2D eigenvalue weighted by atomic mass is 10.0. The molecule has 1 aromatic carbocycles. The lowest BCUT2D eigenvalue weighted by Crippen LogP contribution is -2.36. The van der Waals surface area contributed by atoms with Gasteiger partial charge in [0.05, 0.1) is 19.7 Å². The second kappa shape index (κ2) is 7.31. The van der Waals surface area contributed by atoms with Crippen LogP contribution in [0, 0.1) is 13.8 Å². The minimum Gasteiger partial charge on any atom is -0.395 e. The van der Waals surface area contributed by atoms with Gasteiger partial charge < -0.3 is 5.11 Å². The molecule has 0 aromatic heterocycles. The number of aliphatic hydroxyl groups excluding tert-OH is 1. The molecule has 0 amide bonds. The minimum absolute atomic E-state index is 0.0704. The largest absolute Gasteiger partial charge is 0.395 e. The topological polar surface area (TPSA) is 40.5 Å². The van der Waals surface area contributed by atoms with E-state index >= 15 is 0 Å². The first-order valence-corrected chi connectivity index (χ1v) is 6.16. The summed E-state index contributed by atoms with van der Waals surface area (Å²) >= 11 is 0. The lowest BCUT2D eigenvalue weighted by molar-refractivity contribution is 0.0688. The molecule has 19 heavy (non-hydrogen) atoms. The van der Waals surface area contributed by atoms with Gasteiger partial charge in [-0.3, -0.25) is 9.69 Å². The molecule has 1 aromatic rings. The molecule has 3 nitrogen and oxygen atoms in total. The highest BCUT2D eigenvalue weighted by Crippen LogP contribution is 2.12. The van der Waals surface area contributed by atoms with Crippen LogP contribution >= 0.6 is 0 Å². The first-order chi connectivity index (χ1) is 8.93. The van der Waals surface area contributed by atoms with Gasteiger partial charge in [-0.1, -0.05) is 17.7 Å². The standard InChI is InChI=1S/C14H19F2NO2/c1-10-3-4-11(2)12(7-10)13(19)8-17(5-6-18)9-14(15)16/h3-4,7,14,18H,5-6,8-9H2,1-2H3. The summed E-state index contributed by atoms with van der Waals surface area (Å²) in [6.07, 6.45) is -2.52. The summed E-state index contributed by atoms with van der Waals surface area (Å²) in [7, 11) is 0. The smallest absolute Gasteiger partial charge is 0.251 e. The number of rotatable bonds is 7. The van der Waals surface area contributed by atoms with E-state index in [-0.39, 0.29) is 25.5 Å². The number of carbonyl (C=O) groups is 1. The maximum Gasteiger partial charge on any atom is 0.251 e. The van der Waals surface area contributed by atoms with E-state index in [1.54, 1.807) is 6.07 Å². The number of carbonyl (C=O) groups excluding carboxylic acids is 1. The predicted molar refractivity (Wildman–Crippen MR) is 69.8 cm³/mol. The van der Waals surface area contributed by atoms with E-state index in [9.17, 15) is 13.6 Å². The summed E-state index contributed by atoms with van der Waals surface area (Å²) in [6, 6.07) is 5.50. The average molecular weight is 271 g/mol. The van der Waals surface area contributed by atoms with E-state index in [2.05, 4.69) is 0 Å². The van der Waals surface area contributed by atoms with Crippen molar-refractivity contribution in [1.29, 1.82) is 0 Å². The molecular weight excluding hydrogens is 252 g/mol. The number of aryl methyl sites for hydroxylation is 2. The van der Waals surface area contributed by atoms with Crippen molar-refractivity contribution in [3.8, 4) is 0 Å². The van der Waals surface area contributed by atoms with Gasteiger partial charge in [-0.15, -0.1) is 0 Å². The molecule has 0 aliphatic rings. The Balaban J connectivity index is 2.78. The second-order valence-electron chi connectivity index (χ2n) is 4.59. The van der Waals surface area contributed by atoms with Crippen molar-refractivity contribution in [2.24, 2.45) is 0 Å². The molecule has 0 unspecified atom stereocenters. The van der Waals surface area contributed by atoms with Crippen LogP contribution in [-0.4, -0.2) is 48.5 Å². The molecule has 0 fully saturated rings. The Kier molecular flexibility index (Phi) is 6.05. The summed E-state index contributed by atoms with van der Waals surface area (Å²) in [5, 5.41) is 8.83. The van der Waals surface area contributed by atoms with Crippen molar-refractivity contribution in [3.05, 3.63) is 34.9 Å².